The van der Waals surface area contributed by atoms with Crippen molar-refractivity contribution >= 4 is 12.4 Å². The van der Waals surface area contributed by atoms with E-state index >= 15 is 0 Å². The maximum atomic E-state index is 10.8. The van der Waals surface area contributed by atoms with Crippen molar-refractivity contribution in [2.75, 3.05) is 0 Å². The molecule has 1 aromatic carbocycles. The van der Waals surface area contributed by atoms with E-state index in [0.717, 1.165) is 25.6 Å². The minimum atomic E-state index is -0.307. The summed E-state index contributed by atoms with van der Waals surface area (Å²) in [5.41, 5.74) is 3.87. The van der Waals surface area contributed by atoms with Gasteiger partial charge < -0.3 is 0 Å². The summed E-state index contributed by atoms with van der Waals surface area (Å²) >= 11 is 0. The van der Waals surface area contributed by atoms with Crippen LogP contribution in [0, 0.1) is 11.8 Å². The van der Waals surface area contributed by atoms with Gasteiger partial charge in [0.05, 0.1) is 0 Å². The van der Waals surface area contributed by atoms with Crippen molar-refractivity contribution in [3.8, 4) is 0 Å². The number of benzene rings is 1. The Kier molecular flexibility index (Phi) is 14.6. The van der Waals surface area contributed by atoms with E-state index in [0.29, 0.717) is 11.8 Å². The summed E-state index contributed by atoms with van der Waals surface area (Å²) in [4.78, 5) is 0. The summed E-state index contributed by atoms with van der Waals surface area (Å²) < 4.78 is 0. The molecule has 0 saturated carbocycles. The van der Waals surface area contributed by atoms with Crippen molar-refractivity contribution in [3.63, 3.8) is 0 Å². The Balaban J connectivity index is 0.00000249. The first kappa shape index (κ1) is 28.1. The maximum absolute atomic E-state index is 10.8. The van der Waals surface area contributed by atoms with Crippen molar-refractivity contribution in [2.45, 2.75) is 85.1 Å². The number of aliphatic hydroxyl groups excluding tert-OH is 1. The van der Waals surface area contributed by atoms with Gasteiger partial charge in [-0.1, -0.05) is 13.8 Å². The molecule has 1 nitrogen and oxygen atoms in total. The Morgan fingerprint density at radius 1 is 1.12 bits per heavy atom. The maximum Gasteiger partial charge on any atom is -0.0683 e. The topological polar surface area (TPSA) is 20.2 Å². The molecule has 1 aliphatic carbocycles. The molecule has 0 aromatic heterocycles. The van der Waals surface area contributed by atoms with E-state index in [1.807, 2.05) is 19.9 Å². The summed E-state index contributed by atoms with van der Waals surface area (Å²) in [5.74, 6) is 1.30. The van der Waals surface area contributed by atoms with Crippen LogP contribution < -0.4 is 0 Å². The van der Waals surface area contributed by atoms with E-state index in [2.05, 4.69) is 88.9 Å². The molecule has 1 N–H and O–H groups in total. The van der Waals surface area contributed by atoms with Crippen molar-refractivity contribution < 1.29 is 5.11 Å². The predicted octanol–water partition coefficient (Wildman–Crippen LogP) is 7.64. The normalized spacial score (nSPS) is 18.4. The molecule has 174 valence electrons. The van der Waals surface area contributed by atoms with Crippen LogP contribution in [0.1, 0.15) is 83.8 Å². The van der Waals surface area contributed by atoms with E-state index in [9.17, 15) is 5.11 Å². The van der Waals surface area contributed by atoms with Gasteiger partial charge in [-0.25, -0.2) is 0 Å². The third-order valence-electron chi connectivity index (χ3n) is 6.23. The van der Waals surface area contributed by atoms with Crippen molar-refractivity contribution in [1.82, 2.24) is 0 Å². The number of allylic oxidation sites excluding steroid dienone is 7. The molecule has 0 saturated heterocycles. The van der Waals surface area contributed by atoms with Gasteiger partial charge in [-0.15, -0.1) is 0 Å². The predicted molar refractivity (Wildman–Crippen MR) is 146 cm³/mol. The minimum absolute atomic E-state index is 0.119. The molecular formula is C30H45BO. The fraction of sp³-hybridized carbons (Fsp3) is 0.500. The molecule has 0 radical (unpaired) electrons. The van der Waals surface area contributed by atoms with Gasteiger partial charge in [0.2, 0.25) is 0 Å². The molecule has 0 fully saturated rings. The molecule has 32 heavy (non-hydrogen) atoms. The first-order valence-corrected chi connectivity index (χ1v) is 12.6. The molecule has 2 rings (SSSR count). The zero-order valence-electron chi connectivity index (χ0n) is 21.1. The van der Waals surface area contributed by atoms with Crippen LogP contribution in [0.2, 0.25) is 0 Å². The van der Waals surface area contributed by atoms with Crippen LogP contribution in [0.4, 0.5) is 0 Å². The van der Waals surface area contributed by atoms with Crippen LogP contribution in [0.5, 0.6) is 0 Å². The van der Waals surface area contributed by atoms with Crippen LogP contribution in [0.25, 0.3) is 0 Å². The van der Waals surface area contributed by atoms with Crippen LogP contribution >= 0.6 is 0 Å². The third-order valence-corrected chi connectivity index (χ3v) is 6.23. The van der Waals surface area contributed by atoms with Crippen LogP contribution in [0.15, 0.2) is 73.4 Å². The molecule has 4 atom stereocenters. The van der Waals surface area contributed by atoms with E-state index in [1.165, 1.54) is 29.4 Å². The number of hydrogen-bond acceptors (Lipinski definition) is 1. The monoisotopic (exact) mass is 432 g/mol. The Morgan fingerprint density at radius 2 is 1.84 bits per heavy atom. The van der Waals surface area contributed by atoms with Crippen LogP contribution in [0.3, 0.4) is 0 Å². The van der Waals surface area contributed by atoms with E-state index in [1.54, 1.807) is 6.08 Å². The average molecular weight is 433 g/mol. The van der Waals surface area contributed by atoms with Crippen molar-refractivity contribution in [1.29, 1.82) is 0 Å². The molecular weight excluding hydrogens is 387 g/mol. The second-order valence-corrected chi connectivity index (χ2v) is 8.73. The first-order chi connectivity index (χ1) is 15.5. The summed E-state index contributed by atoms with van der Waals surface area (Å²) in [5, 5.41) is 10.8. The standard InChI is InChI=1S/C28H39BO.C2H6/c1-5-7-14-27(23(4)28(30)20-15-22(3)11-6-2)29-21-24-16-18-26(19-17-24)25-12-9-8-10-13-25;1-2/h5,7-10,12,14,16-19,22-23,25,28,30H,1,6,11,13,15,20-21H2,2-4H3;1-2H3/b14-7-;. The Bertz CT molecular complexity index is 754. The average Bonchev–Trinajstić information content (AvgIpc) is 2.84. The summed E-state index contributed by atoms with van der Waals surface area (Å²) in [6, 6.07) is 8.98. The van der Waals surface area contributed by atoms with Crippen LogP contribution in [-0.2, 0) is 6.32 Å². The second kappa shape index (κ2) is 16.7. The second-order valence-electron chi connectivity index (χ2n) is 8.73. The van der Waals surface area contributed by atoms with Gasteiger partial charge in [0.25, 0.3) is 0 Å². The van der Waals surface area contributed by atoms with Gasteiger partial charge in [0, 0.05) is 0 Å². The molecule has 0 heterocycles. The van der Waals surface area contributed by atoms with Gasteiger partial charge in [-0.05, 0) is 0 Å². The van der Waals surface area contributed by atoms with Gasteiger partial charge in [0.1, 0.15) is 0 Å². The van der Waals surface area contributed by atoms with Crippen molar-refractivity contribution in [2.24, 2.45) is 11.8 Å². The van der Waals surface area contributed by atoms with Crippen molar-refractivity contribution in [3.05, 3.63) is 84.5 Å². The quantitative estimate of drug-likeness (QED) is 0.266. The summed E-state index contributed by atoms with van der Waals surface area (Å²) in [6.07, 6.45) is 20.7. The fourth-order valence-corrected chi connectivity index (χ4v) is 4.11. The van der Waals surface area contributed by atoms with E-state index in [-0.39, 0.29) is 12.0 Å². The summed E-state index contributed by atoms with van der Waals surface area (Å²) in [6.45, 7) is 16.7. The molecule has 4 unspecified atom stereocenters. The van der Waals surface area contributed by atoms with Gasteiger partial charge >= 0.3 is 185 Å². The number of hydrogen-bond donors (Lipinski definition) is 1. The van der Waals surface area contributed by atoms with Crippen LogP contribution in [-0.4, -0.2) is 23.6 Å². The minimum Gasteiger partial charge on any atom is -0.0683 e. The zero-order valence-corrected chi connectivity index (χ0v) is 21.1. The third kappa shape index (κ3) is 10.1. The van der Waals surface area contributed by atoms with E-state index < -0.39 is 0 Å². The van der Waals surface area contributed by atoms with Gasteiger partial charge in [-0.2, -0.15) is 0 Å². The SMILES string of the molecule is C=C/C=C\C(=BCc1ccc(C2C=CC=CC2)cc1)C(C)C(O)CCC(C)CCC.CC. The molecule has 2 heteroatoms. The largest absolute Gasteiger partial charge is 0.0683 e. The molecule has 0 aliphatic heterocycles. The first-order valence-electron chi connectivity index (χ1n) is 12.6. The molecule has 0 spiro atoms. The fourth-order valence-electron chi connectivity index (χ4n) is 4.11. The Labute approximate surface area is 199 Å². The molecule has 0 amide bonds. The molecule has 0 bridgehead atoms. The molecule has 1 aliphatic rings. The zero-order chi connectivity index (χ0) is 23.8. The Hall–Kier alpha value is -1.93. The van der Waals surface area contributed by atoms with Gasteiger partial charge in [0.15, 0.2) is 0 Å². The Morgan fingerprint density at radius 3 is 2.44 bits per heavy atom. The number of rotatable bonds is 12. The molecule has 1 aromatic rings. The smallest absolute Gasteiger partial charge is 0.0683 e. The summed E-state index contributed by atoms with van der Waals surface area (Å²) in [7, 11) is 0. The number of aliphatic hydroxyl groups is 1. The van der Waals surface area contributed by atoms with Gasteiger partial charge in [-0.3, -0.25) is 0 Å². The van der Waals surface area contributed by atoms with E-state index in [4.69, 9.17) is 0 Å².